The maximum atomic E-state index is 13.7. The number of rotatable bonds is 9. The summed E-state index contributed by atoms with van der Waals surface area (Å²) in [5, 5.41) is 0.663. The van der Waals surface area contributed by atoms with Crippen molar-refractivity contribution in [1.29, 1.82) is 0 Å². The summed E-state index contributed by atoms with van der Waals surface area (Å²) in [4.78, 5) is 22.7. The first-order valence-corrected chi connectivity index (χ1v) is 14.6. The number of piperidine rings is 1. The Morgan fingerprint density at radius 1 is 1.00 bits per heavy atom. The summed E-state index contributed by atoms with van der Waals surface area (Å²) in [5.74, 6) is -0.171. The SMILES string of the molecule is CCN(CC)CCN(C(=O)c1ccc(S(=O)(=O)N2CCCCC2)cc1)c1nc2c(C)cccc2s1.Cl. The predicted octanol–water partition coefficient (Wildman–Crippen LogP) is 5.19. The number of thiazole rings is 1. The van der Waals surface area contributed by atoms with E-state index in [-0.39, 0.29) is 23.2 Å². The van der Waals surface area contributed by atoms with Gasteiger partial charge in [-0.2, -0.15) is 4.31 Å². The Kier molecular flexibility index (Phi) is 9.88. The molecule has 0 aliphatic carbocycles. The van der Waals surface area contributed by atoms with Crippen molar-refractivity contribution in [3.05, 3.63) is 53.6 Å². The minimum atomic E-state index is -3.54. The summed E-state index contributed by atoms with van der Waals surface area (Å²) < 4.78 is 28.6. The van der Waals surface area contributed by atoms with Crippen molar-refractivity contribution in [1.82, 2.24) is 14.2 Å². The fourth-order valence-electron chi connectivity index (χ4n) is 4.43. The van der Waals surface area contributed by atoms with Crippen LogP contribution >= 0.6 is 23.7 Å². The number of carbonyl (C=O) groups excluding carboxylic acids is 1. The number of anilines is 1. The normalized spacial score (nSPS) is 14.7. The summed E-state index contributed by atoms with van der Waals surface area (Å²) in [5.41, 5.74) is 2.45. The van der Waals surface area contributed by atoms with Gasteiger partial charge in [0.2, 0.25) is 10.0 Å². The number of aromatic nitrogens is 1. The maximum Gasteiger partial charge on any atom is 0.260 e. The molecule has 1 amide bonds. The molecule has 1 aliphatic rings. The third kappa shape index (κ3) is 6.08. The van der Waals surface area contributed by atoms with Crippen molar-refractivity contribution in [2.45, 2.75) is 44.9 Å². The van der Waals surface area contributed by atoms with Crippen LogP contribution in [-0.2, 0) is 10.0 Å². The molecule has 0 N–H and O–H groups in total. The Labute approximate surface area is 224 Å². The smallest absolute Gasteiger partial charge is 0.260 e. The highest BCUT2D eigenvalue weighted by Gasteiger charge is 2.27. The van der Waals surface area contributed by atoms with Gasteiger partial charge in [0.1, 0.15) is 0 Å². The summed E-state index contributed by atoms with van der Waals surface area (Å²) in [6.45, 7) is 10.4. The van der Waals surface area contributed by atoms with Crippen molar-refractivity contribution in [2.24, 2.45) is 0 Å². The fourth-order valence-corrected chi connectivity index (χ4v) is 7.02. The van der Waals surface area contributed by atoms with Crippen LogP contribution < -0.4 is 4.90 Å². The van der Waals surface area contributed by atoms with Gasteiger partial charge >= 0.3 is 0 Å². The topological polar surface area (TPSA) is 73.8 Å². The molecule has 10 heteroatoms. The van der Waals surface area contributed by atoms with Gasteiger partial charge in [-0.05, 0) is 68.8 Å². The molecule has 0 unspecified atom stereocenters. The highest BCUT2D eigenvalue weighted by Crippen LogP contribution is 2.31. The zero-order valence-corrected chi connectivity index (χ0v) is 23.6. The molecule has 0 saturated carbocycles. The number of nitrogens with zero attached hydrogens (tertiary/aromatic N) is 4. The molecule has 196 valence electrons. The van der Waals surface area contributed by atoms with Crippen molar-refractivity contribution in [2.75, 3.05) is 44.2 Å². The second-order valence-corrected chi connectivity index (χ2v) is 11.8. The van der Waals surface area contributed by atoms with Crippen molar-refractivity contribution >= 4 is 55.0 Å². The Morgan fingerprint density at radius 2 is 1.67 bits per heavy atom. The fraction of sp³-hybridized carbons (Fsp3) is 0.462. The highest BCUT2D eigenvalue weighted by molar-refractivity contribution is 7.89. The minimum Gasteiger partial charge on any atom is -0.302 e. The maximum absolute atomic E-state index is 13.7. The molecule has 0 radical (unpaired) electrons. The van der Waals surface area contributed by atoms with E-state index in [2.05, 4.69) is 18.7 Å². The van der Waals surface area contributed by atoms with Gasteiger partial charge in [0.05, 0.1) is 15.1 Å². The molecule has 1 saturated heterocycles. The van der Waals surface area contributed by atoms with Gasteiger partial charge in [-0.25, -0.2) is 13.4 Å². The van der Waals surface area contributed by atoms with Crippen molar-refractivity contribution in [3.63, 3.8) is 0 Å². The van der Waals surface area contributed by atoms with Crippen LogP contribution in [0.15, 0.2) is 47.4 Å². The molecule has 0 spiro atoms. The molecule has 0 atom stereocenters. The van der Waals surface area contributed by atoms with Gasteiger partial charge in [-0.15, -0.1) is 12.4 Å². The number of likely N-dealkylation sites (N-methyl/N-ethyl adjacent to an activating group) is 1. The van der Waals surface area contributed by atoms with E-state index >= 15 is 0 Å². The largest absolute Gasteiger partial charge is 0.302 e. The van der Waals surface area contributed by atoms with E-state index in [0.29, 0.717) is 30.3 Å². The molecule has 7 nitrogen and oxygen atoms in total. The molecule has 1 aliphatic heterocycles. The van der Waals surface area contributed by atoms with E-state index in [1.165, 1.54) is 11.3 Å². The average molecular weight is 551 g/mol. The standard InChI is InChI=1S/C26H34N4O3S2.ClH/c1-4-28(5-2)18-19-30(26-27-24-20(3)10-9-11-23(24)34-26)25(31)21-12-14-22(15-13-21)35(32,33)29-16-7-6-8-17-29;/h9-15H,4-8,16-19H2,1-3H3;1H. The minimum absolute atomic E-state index is 0. The van der Waals surface area contributed by atoms with E-state index < -0.39 is 10.0 Å². The van der Waals surface area contributed by atoms with E-state index in [0.717, 1.165) is 54.7 Å². The lowest BCUT2D eigenvalue weighted by Gasteiger charge is -2.26. The van der Waals surface area contributed by atoms with Crippen LogP contribution in [0.25, 0.3) is 10.2 Å². The lowest BCUT2D eigenvalue weighted by molar-refractivity contribution is 0.0983. The number of aryl methyl sites for hydroxylation is 1. The Hall–Kier alpha value is -2.04. The average Bonchev–Trinajstić information content (AvgIpc) is 3.32. The van der Waals surface area contributed by atoms with Crippen LogP contribution in [0.2, 0.25) is 0 Å². The third-order valence-corrected chi connectivity index (χ3v) is 9.63. The summed E-state index contributed by atoms with van der Waals surface area (Å²) in [6.07, 6.45) is 2.84. The van der Waals surface area contributed by atoms with Crippen LogP contribution in [0, 0.1) is 6.92 Å². The number of hydrogen-bond donors (Lipinski definition) is 0. The molecule has 1 fully saturated rings. The highest BCUT2D eigenvalue weighted by atomic mass is 35.5. The monoisotopic (exact) mass is 550 g/mol. The van der Waals surface area contributed by atoms with E-state index in [1.807, 2.05) is 25.1 Å². The Bertz CT molecular complexity index is 1270. The third-order valence-electron chi connectivity index (χ3n) is 6.67. The first kappa shape index (κ1) is 28.5. The van der Waals surface area contributed by atoms with E-state index in [9.17, 15) is 13.2 Å². The van der Waals surface area contributed by atoms with Crippen LogP contribution in [0.3, 0.4) is 0 Å². The quantitative estimate of drug-likeness (QED) is 0.366. The molecular formula is C26H35ClN4O3S2. The number of halogens is 1. The number of sulfonamides is 1. The first-order chi connectivity index (χ1) is 16.8. The first-order valence-electron chi connectivity index (χ1n) is 12.4. The zero-order chi connectivity index (χ0) is 25.0. The summed E-state index contributed by atoms with van der Waals surface area (Å²) >= 11 is 1.51. The molecule has 2 aromatic carbocycles. The Morgan fingerprint density at radius 3 is 2.28 bits per heavy atom. The molecule has 36 heavy (non-hydrogen) atoms. The molecule has 2 heterocycles. The van der Waals surface area contributed by atoms with Crippen molar-refractivity contribution < 1.29 is 13.2 Å². The van der Waals surface area contributed by atoms with Crippen LogP contribution in [0.1, 0.15) is 49.0 Å². The number of para-hydroxylation sites is 1. The number of carbonyl (C=O) groups is 1. The number of benzene rings is 2. The van der Waals surface area contributed by atoms with Gasteiger partial charge in [0, 0.05) is 31.7 Å². The zero-order valence-electron chi connectivity index (χ0n) is 21.1. The predicted molar refractivity (Wildman–Crippen MR) is 150 cm³/mol. The number of hydrogen-bond acceptors (Lipinski definition) is 6. The number of fused-ring (bicyclic) bond motifs is 1. The van der Waals surface area contributed by atoms with Crippen LogP contribution in [0.4, 0.5) is 5.13 Å². The second-order valence-electron chi connectivity index (χ2n) is 8.89. The number of amides is 1. The van der Waals surface area contributed by atoms with E-state index in [4.69, 9.17) is 4.98 Å². The van der Waals surface area contributed by atoms with Gasteiger partial charge < -0.3 is 4.90 Å². The second kappa shape index (κ2) is 12.5. The lowest BCUT2D eigenvalue weighted by atomic mass is 10.2. The molecule has 4 rings (SSSR count). The van der Waals surface area contributed by atoms with Gasteiger partial charge in [0.25, 0.3) is 5.91 Å². The summed E-state index contributed by atoms with van der Waals surface area (Å²) in [6, 6.07) is 12.4. The van der Waals surface area contributed by atoms with Gasteiger partial charge in [-0.1, -0.05) is 43.7 Å². The van der Waals surface area contributed by atoms with Crippen molar-refractivity contribution in [3.8, 4) is 0 Å². The Balaban J connectivity index is 0.00000361. The lowest BCUT2D eigenvalue weighted by Crippen LogP contribution is -2.39. The summed E-state index contributed by atoms with van der Waals surface area (Å²) in [7, 11) is -3.54. The molecule has 1 aromatic heterocycles. The van der Waals surface area contributed by atoms with Gasteiger partial charge in [0.15, 0.2) is 5.13 Å². The molecule has 3 aromatic rings. The van der Waals surface area contributed by atoms with Crippen LogP contribution in [0.5, 0.6) is 0 Å². The van der Waals surface area contributed by atoms with Crippen LogP contribution in [-0.4, -0.2) is 67.8 Å². The van der Waals surface area contributed by atoms with E-state index in [1.54, 1.807) is 33.5 Å². The molecule has 0 bridgehead atoms. The molecular weight excluding hydrogens is 516 g/mol. The van der Waals surface area contributed by atoms with Gasteiger partial charge in [-0.3, -0.25) is 9.69 Å².